The third kappa shape index (κ3) is 2.26. The predicted molar refractivity (Wildman–Crippen MR) is 73.9 cm³/mol. The maximum Gasteiger partial charge on any atom is 0.130 e. The van der Waals surface area contributed by atoms with Gasteiger partial charge in [-0.2, -0.15) is 0 Å². The van der Waals surface area contributed by atoms with Crippen molar-refractivity contribution in [1.82, 2.24) is 0 Å². The number of hydrogen-bond donors (Lipinski definition) is 1. The molecule has 3 heteroatoms. The number of aliphatic hydroxyl groups is 1. The molecular formula is C16H14ClFO. The molecule has 2 unspecified atom stereocenters. The van der Waals surface area contributed by atoms with Crippen LogP contribution in [-0.4, -0.2) is 5.11 Å². The van der Waals surface area contributed by atoms with Crippen molar-refractivity contribution >= 4 is 11.6 Å². The number of halogens is 2. The summed E-state index contributed by atoms with van der Waals surface area (Å²) in [4.78, 5) is 0. The van der Waals surface area contributed by atoms with Crippen LogP contribution in [0.4, 0.5) is 4.39 Å². The van der Waals surface area contributed by atoms with E-state index in [1.807, 2.05) is 12.1 Å². The molecule has 0 radical (unpaired) electrons. The summed E-state index contributed by atoms with van der Waals surface area (Å²) in [5.41, 5.74) is 2.79. The summed E-state index contributed by atoms with van der Waals surface area (Å²) in [5.74, 6) is -0.144. The number of hydrogen-bond acceptors (Lipinski definition) is 1. The topological polar surface area (TPSA) is 20.2 Å². The first-order valence-electron chi connectivity index (χ1n) is 6.36. The largest absolute Gasteiger partial charge is 0.388 e. The van der Waals surface area contributed by atoms with Crippen LogP contribution < -0.4 is 0 Å². The molecule has 1 aliphatic rings. The van der Waals surface area contributed by atoms with Gasteiger partial charge >= 0.3 is 0 Å². The molecule has 0 amide bonds. The van der Waals surface area contributed by atoms with Crippen molar-refractivity contribution in [2.45, 2.75) is 24.9 Å². The minimum absolute atomic E-state index is 0.216. The van der Waals surface area contributed by atoms with Gasteiger partial charge in [-0.05, 0) is 42.0 Å². The molecule has 0 aliphatic heterocycles. The fourth-order valence-electron chi connectivity index (χ4n) is 2.79. The highest BCUT2D eigenvalue weighted by Gasteiger charge is 2.29. The lowest BCUT2D eigenvalue weighted by Crippen LogP contribution is -2.19. The predicted octanol–water partition coefficient (Wildman–Crippen LogP) is 4.24. The highest BCUT2D eigenvalue weighted by atomic mass is 35.5. The highest BCUT2D eigenvalue weighted by molar-refractivity contribution is 6.31. The number of aliphatic hydroxyl groups excluding tert-OH is 1. The van der Waals surface area contributed by atoms with Crippen molar-refractivity contribution in [3.8, 4) is 0 Å². The molecule has 1 nitrogen and oxygen atoms in total. The summed E-state index contributed by atoms with van der Waals surface area (Å²) in [6.07, 6.45) is 0.601. The van der Waals surface area contributed by atoms with Crippen LogP contribution in [-0.2, 0) is 6.42 Å². The molecule has 0 saturated heterocycles. The molecule has 2 aromatic rings. The van der Waals surface area contributed by atoms with Crippen LogP contribution in [0.3, 0.4) is 0 Å². The molecule has 3 rings (SSSR count). The lowest BCUT2D eigenvalue weighted by Gasteiger charge is -2.32. The molecule has 1 aliphatic carbocycles. The highest BCUT2D eigenvalue weighted by Crippen LogP contribution is 2.41. The van der Waals surface area contributed by atoms with E-state index < -0.39 is 11.9 Å². The smallest absolute Gasteiger partial charge is 0.130 e. The fraction of sp³-hybridized carbons (Fsp3) is 0.250. The molecule has 1 N–H and O–H groups in total. The van der Waals surface area contributed by atoms with E-state index in [0.717, 1.165) is 6.42 Å². The molecule has 0 spiro atoms. The summed E-state index contributed by atoms with van der Waals surface area (Å²) in [5, 5.41) is 10.5. The Morgan fingerprint density at radius 3 is 2.74 bits per heavy atom. The molecular weight excluding hydrogens is 263 g/mol. The van der Waals surface area contributed by atoms with Crippen LogP contribution in [0, 0.1) is 5.82 Å². The third-order valence-corrected chi connectivity index (χ3v) is 4.13. The van der Waals surface area contributed by atoms with Crippen molar-refractivity contribution in [1.29, 1.82) is 0 Å². The van der Waals surface area contributed by atoms with Gasteiger partial charge < -0.3 is 5.11 Å². The van der Waals surface area contributed by atoms with Crippen molar-refractivity contribution in [2.75, 3.05) is 0 Å². The average molecular weight is 277 g/mol. The lowest BCUT2D eigenvalue weighted by atomic mass is 9.74. The second-order valence-electron chi connectivity index (χ2n) is 4.99. The van der Waals surface area contributed by atoms with Crippen LogP contribution in [0.5, 0.6) is 0 Å². The summed E-state index contributed by atoms with van der Waals surface area (Å²) >= 11 is 5.97. The van der Waals surface area contributed by atoms with Gasteiger partial charge in [0.25, 0.3) is 0 Å². The fourth-order valence-corrected chi connectivity index (χ4v) is 3.08. The summed E-state index contributed by atoms with van der Waals surface area (Å²) in [6, 6.07) is 12.7. The van der Waals surface area contributed by atoms with E-state index in [2.05, 4.69) is 12.1 Å². The minimum Gasteiger partial charge on any atom is -0.388 e. The SMILES string of the molecule is OC(CC1Cc2ccccc21)c1c(F)cccc1Cl. The maximum absolute atomic E-state index is 13.7. The molecule has 0 bridgehead atoms. The Morgan fingerprint density at radius 1 is 1.21 bits per heavy atom. The quantitative estimate of drug-likeness (QED) is 0.889. The monoisotopic (exact) mass is 276 g/mol. The maximum atomic E-state index is 13.7. The van der Waals surface area contributed by atoms with E-state index in [1.165, 1.54) is 17.2 Å². The first kappa shape index (κ1) is 12.6. The molecule has 98 valence electrons. The molecule has 0 heterocycles. The Bertz CT molecular complexity index is 591. The van der Waals surface area contributed by atoms with E-state index >= 15 is 0 Å². The van der Waals surface area contributed by atoms with Crippen LogP contribution in [0.1, 0.15) is 35.1 Å². The van der Waals surface area contributed by atoms with Gasteiger partial charge in [0.1, 0.15) is 5.82 Å². The molecule has 0 fully saturated rings. The van der Waals surface area contributed by atoms with Crippen LogP contribution in [0.2, 0.25) is 5.02 Å². The zero-order chi connectivity index (χ0) is 13.4. The Kier molecular flexibility index (Phi) is 3.29. The van der Waals surface area contributed by atoms with E-state index in [-0.39, 0.29) is 5.56 Å². The van der Waals surface area contributed by atoms with Gasteiger partial charge in [0.2, 0.25) is 0 Å². The first-order valence-corrected chi connectivity index (χ1v) is 6.74. The van der Waals surface area contributed by atoms with Crippen molar-refractivity contribution in [3.05, 3.63) is 70.0 Å². The van der Waals surface area contributed by atoms with E-state index in [0.29, 0.717) is 17.4 Å². The molecule has 0 aromatic heterocycles. The zero-order valence-corrected chi connectivity index (χ0v) is 11.1. The standard InChI is InChI=1S/C16H14ClFO/c17-13-6-3-7-14(18)16(13)15(19)9-11-8-10-4-1-2-5-12(10)11/h1-7,11,15,19H,8-9H2. The van der Waals surface area contributed by atoms with Crippen molar-refractivity contribution < 1.29 is 9.50 Å². The van der Waals surface area contributed by atoms with Gasteiger partial charge in [0.05, 0.1) is 6.10 Å². The second kappa shape index (κ2) is 4.95. The number of benzene rings is 2. The van der Waals surface area contributed by atoms with Gasteiger partial charge in [-0.3, -0.25) is 0 Å². The molecule has 2 aromatic carbocycles. The molecule has 0 saturated carbocycles. The minimum atomic E-state index is -0.855. The van der Waals surface area contributed by atoms with Crippen LogP contribution in [0.15, 0.2) is 42.5 Å². The van der Waals surface area contributed by atoms with Crippen LogP contribution in [0.25, 0.3) is 0 Å². The normalized spacial score (nSPS) is 18.6. The van der Waals surface area contributed by atoms with E-state index in [4.69, 9.17) is 11.6 Å². The van der Waals surface area contributed by atoms with Gasteiger partial charge in [-0.1, -0.05) is 41.9 Å². The summed E-state index contributed by atoms with van der Waals surface area (Å²) in [6.45, 7) is 0. The van der Waals surface area contributed by atoms with Gasteiger partial charge in [0, 0.05) is 10.6 Å². The van der Waals surface area contributed by atoms with E-state index in [1.54, 1.807) is 12.1 Å². The third-order valence-electron chi connectivity index (χ3n) is 3.80. The first-order chi connectivity index (χ1) is 9.16. The van der Waals surface area contributed by atoms with Gasteiger partial charge in [-0.25, -0.2) is 4.39 Å². The summed E-state index contributed by atoms with van der Waals surface area (Å²) < 4.78 is 13.7. The summed E-state index contributed by atoms with van der Waals surface area (Å²) in [7, 11) is 0. The number of rotatable bonds is 3. The van der Waals surface area contributed by atoms with Crippen molar-refractivity contribution in [2.24, 2.45) is 0 Å². The Labute approximate surface area is 116 Å². The van der Waals surface area contributed by atoms with Crippen LogP contribution >= 0.6 is 11.6 Å². The van der Waals surface area contributed by atoms with E-state index in [9.17, 15) is 9.50 Å². The average Bonchev–Trinajstić information content (AvgIpc) is 2.36. The zero-order valence-electron chi connectivity index (χ0n) is 10.3. The van der Waals surface area contributed by atoms with Gasteiger partial charge in [0.15, 0.2) is 0 Å². The second-order valence-corrected chi connectivity index (χ2v) is 5.39. The molecule has 19 heavy (non-hydrogen) atoms. The van der Waals surface area contributed by atoms with Crippen molar-refractivity contribution in [3.63, 3.8) is 0 Å². The molecule has 2 atom stereocenters. The Hall–Kier alpha value is -1.38. The Morgan fingerprint density at radius 2 is 2.00 bits per heavy atom. The Balaban J connectivity index is 1.79. The van der Waals surface area contributed by atoms with Gasteiger partial charge in [-0.15, -0.1) is 0 Å². The lowest BCUT2D eigenvalue weighted by molar-refractivity contribution is 0.149. The number of fused-ring (bicyclic) bond motifs is 1.